The molecule has 1 radical (unpaired) electrons. The minimum atomic E-state index is 0.823. The maximum Gasteiger partial charge on any atom is 0.125 e. The Kier molecular flexibility index (Phi) is 1.57. The fourth-order valence-corrected chi connectivity index (χ4v) is 1.48. The monoisotopic (exact) mass is 147 g/mol. The summed E-state index contributed by atoms with van der Waals surface area (Å²) in [4.78, 5) is 0. The number of para-hydroxylation sites is 1. The molecule has 11 heavy (non-hydrogen) atoms. The van der Waals surface area contributed by atoms with Crippen molar-refractivity contribution in [2.75, 3.05) is 6.61 Å². The molecule has 1 aliphatic rings. The summed E-state index contributed by atoms with van der Waals surface area (Å²) >= 11 is 0. The number of hydrogen-bond donors (Lipinski definition) is 0. The van der Waals surface area contributed by atoms with Crippen molar-refractivity contribution in [3.63, 3.8) is 0 Å². The summed E-state index contributed by atoms with van der Waals surface area (Å²) in [7, 11) is 0. The van der Waals surface area contributed by atoms with E-state index in [-0.39, 0.29) is 0 Å². The molecule has 0 fully saturated rings. The summed E-state index contributed by atoms with van der Waals surface area (Å²) in [5.74, 6) is 1.09. The first-order valence-corrected chi connectivity index (χ1v) is 3.94. The SMILES string of the molecule is [CH2]Cc1cccc2c1OCC2. The molecule has 1 aromatic rings. The van der Waals surface area contributed by atoms with Gasteiger partial charge in [0.1, 0.15) is 5.75 Å². The molecule has 1 nitrogen and oxygen atoms in total. The van der Waals surface area contributed by atoms with E-state index in [0.717, 1.165) is 25.2 Å². The van der Waals surface area contributed by atoms with E-state index < -0.39 is 0 Å². The molecule has 57 valence electrons. The molecule has 0 amide bonds. The number of fused-ring (bicyclic) bond motifs is 1. The van der Waals surface area contributed by atoms with Crippen molar-refractivity contribution >= 4 is 0 Å². The lowest BCUT2D eigenvalue weighted by Gasteiger charge is -2.03. The molecule has 0 spiro atoms. The minimum Gasteiger partial charge on any atom is -0.493 e. The molecular weight excluding hydrogens is 136 g/mol. The van der Waals surface area contributed by atoms with Crippen LogP contribution in [0.4, 0.5) is 0 Å². The third-order valence-electron chi connectivity index (χ3n) is 2.07. The quantitative estimate of drug-likeness (QED) is 0.590. The van der Waals surface area contributed by atoms with Crippen LogP contribution in [-0.2, 0) is 12.8 Å². The van der Waals surface area contributed by atoms with Gasteiger partial charge in [-0.1, -0.05) is 18.2 Å². The van der Waals surface area contributed by atoms with Crippen molar-refractivity contribution < 1.29 is 4.74 Å². The third-order valence-corrected chi connectivity index (χ3v) is 2.07. The molecule has 0 saturated carbocycles. The van der Waals surface area contributed by atoms with Gasteiger partial charge in [0.05, 0.1) is 6.61 Å². The van der Waals surface area contributed by atoms with Crippen LogP contribution < -0.4 is 4.74 Å². The van der Waals surface area contributed by atoms with Crippen molar-refractivity contribution in [1.82, 2.24) is 0 Å². The number of hydrogen-bond acceptors (Lipinski definition) is 1. The van der Waals surface area contributed by atoms with Gasteiger partial charge in [0, 0.05) is 6.42 Å². The van der Waals surface area contributed by atoms with E-state index in [1.807, 2.05) is 0 Å². The van der Waals surface area contributed by atoms with E-state index in [1.54, 1.807) is 0 Å². The molecule has 0 unspecified atom stereocenters. The number of rotatable bonds is 1. The highest BCUT2D eigenvalue weighted by atomic mass is 16.5. The van der Waals surface area contributed by atoms with Crippen LogP contribution in [0.2, 0.25) is 0 Å². The summed E-state index contributed by atoms with van der Waals surface area (Å²) < 4.78 is 5.48. The first-order valence-electron chi connectivity index (χ1n) is 3.94. The summed E-state index contributed by atoms with van der Waals surface area (Å²) in [6.45, 7) is 4.69. The number of benzene rings is 1. The molecular formula is C10H11O. The fourth-order valence-electron chi connectivity index (χ4n) is 1.48. The van der Waals surface area contributed by atoms with Gasteiger partial charge in [-0.15, -0.1) is 0 Å². The van der Waals surface area contributed by atoms with Crippen molar-refractivity contribution in [2.24, 2.45) is 0 Å². The summed E-state index contributed by atoms with van der Waals surface area (Å²) in [6.07, 6.45) is 1.88. The second-order valence-electron chi connectivity index (χ2n) is 2.75. The Morgan fingerprint density at radius 2 is 2.36 bits per heavy atom. The van der Waals surface area contributed by atoms with E-state index in [1.165, 1.54) is 11.1 Å². The first kappa shape index (κ1) is 6.71. The molecule has 0 aromatic heterocycles. The Labute approximate surface area is 67.0 Å². The predicted octanol–water partition coefficient (Wildman–Crippen LogP) is 2.00. The molecule has 0 bridgehead atoms. The van der Waals surface area contributed by atoms with Gasteiger partial charge < -0.3 is 4.74 Å². The Bertz CT molecular complexity index is 266. The van der Waals surface area contributed by atoms with Crippen molar-refractivity contribution in [3.8, 4) is 5.75 Å². The Morgan fingerprint density at radius 3 is 3.18 bits per heavy atom. The molecule has 0 atom stereocenters. The average Bonchev–Trinajstić information content (AvgIpc) is 2.50. The van der Waals surface area contributed by atoms with Gasteiger partial charge in [0.15, 0.2) is 0 Å². The van der Waals surface area contributed by atoms with Gasteiger partial charge in [0.2, 0.25) is 0 Å². The van der Waals surface area contributed by atoms with E-state index >= 15 is 0 Å². The fraction of sp³-hybridized carbons (Fsp3) is 0.300. The molecule has 0 saturated heterocycles. The zero-order chi connectivity index (χ0) is 7.68. The Balaban J connectivity index is 2.50. The molecule has 1 heteroatoms. The average molecular weight is 147 g/mol. The molecule has 1 heterocycles. The van der Waals surface area contributed by atoms with Crippen molar-refractivity contribution in [1.29, 1.82) is 0 Å². The highest BCUT2D eigenvalue weighted by molar-refractivity contribution is 5.44. The van der Waals surface area contributed by atoms with Gasteiger partial charge in [-0.3, -0.25) is 0 Å². The maximum absolute atomic E-state index is 5.48. The van der Waals surface area contributed by atoms with Crippen LogP contribution in [0, 0.1) is 6.92 Å². The zero-order valence-electron chi connectivity index (χ0n) is 6.47. The lowest BCUT2D eigenvalue weighted by atomic mass is 10.1. The molecule has 0 aliphatic carbocycles. The van der Waals surface area contributed by atoms with Crippen LogP contribution in [0.5, 0.6) is 5.75 Å². The van der Waals surface area contributed by atoms with E-state index in [2.05, 4.69) is 25.1 Å². The Morgan fingerprint density at radius 1 is 1.45 bits per heavy atom. The van der Waals surface area contributed by atoms with Crippen LogP contribution in [0.1, 0.15) is 11.1 Å². The normalized spacial score (nSPS) is 14.3. The van der Waals surface area contributed by atoms with Crippen LogP contribution in [0.15, 0.2) is 18.2 Å². The van der Waals surface area contributed by atoms with Gasteiger partial charge in [-0.05, 0) is 24.5 Å². The highest BCUT2D eigenvalue weighted by Gasteiger charge is 2.13. The number of ether oxygens (including phenoxy) is 1. The van der Waals surface area contributed by atoms with Crippen LogP contribution in [0.3, 0.4) is 0 Å². The van der Waals surface area contributed by atoms with Crippen LogP contribution in [-0.4, -0.2) is 6.61 Å². The molecule has 1 aliphatic heterocycles. The third kappa shape index (κ3) is 1.01. The Hall–Kier alpha value is -0.980. The predicted molar refractivity (Wildman–Crippen MR) is 44.7 cm³/mol. The summed E-state index contributed by atoms with van der Waals surface area (Å²) in [6, 6.07) is 6.28. The van der Waals surface area contributed by atoms with Crippen molar-refractivity contribution in [3.05, 3.63) is 36.2 Å². The van der Waals surface area contributed by atoms with E-state index in [4.69, 9.17) is 4.74 Å². The lowest BCUT2D eigenvalue weighted by molar-refractivity contribution is 0.354. The van der Waals surface area contributed by atoms with Gasteiger partial charge >= 0.3 is 0 Å². The van der Waals surface area contributed by atoms with Gasteiger partial charge in [-0.25, -0.2) is 0 Å². The topological polar surface area (TPSA) is 9.23 Å². The highest BCUT2D eigenvalue weighted by Crippen LogP contribution is 2.29. The second kappa shape index (κ2) is 2.57. The second-order valence-corrected chi connectivity index (χ2v) is 2.75. The smallest absolute Gasteiger partial charge is 0.125 e. The van der Waals surface area contributed by atoms with E-state index in [0.29, 0.717) is 0 Å². The standard InChI is InChI=1S/C10H11O/c1-2-8-4-3-5-9-6-7-11-10(8)9/h3-5H,1-2,6-7H2. The van der Waals surface area contributed by atoms with Crippen LogP contribution >= 0.6 is 0 Å². The zero-order valence-corrected chi connectivity index (χ0v) is 6.47. The molecule has 1 aromatic carbocycles. The summed E-state index contributed by atoms with van der Waals surface area (Å²) in [5, 5.41) is 0. The van der Waals surface area contributed by atoms with E-state index in [9.17, 15) is 0 Å². The lowest BCUT2D eigenvalue weighted by Crippen LogP contribution is -1.89. The largest absolute Gasteiger partial charge is 0.493 e. The molecule has 2 rings (SSSR count). The summed E-state index contributed by atoms with van der Waals surface area (Å²) in [5.41, 5.74) is 2.58. The molecule has 0 N–H and O–H groups in total. The maximum atomic E-state index is 5.48. The minimum absolute atomic E-state index is 0.823. The van der Waals surface area contributed by atoms with Crippen molar-refractivity contribution in [2.45, 2.75) is 12.8 Å². The first-order chi connectivity index (χ1) is 5.42. The van der Waals surface area contributed by atoms with Gasteiger partial charge in [0.25, 0.3) is 0 Å². The van der Waals surface area contributed by atoms with Crippen LogP contribution in [0.25, 0.3) is 0 Å². The van der Waals surface area contributed by atoms with Gasteiger partial charge in [-0.2, -0.15) is 0 Å².